The first-order chi connectivity index (χ1) is 11.9. The molecule has 0 radical (unpaired) electrons. The van der Waals surface area contributed by atoms with Crippen molar-refractivity contribution < 1.29 is 19.4 Å². The van der Waals surface area contributed by atoms with E-state index in [1.54, 1.807) is 18.2 Å². The molecule has 0 aromatic heterocycles. The third kappa shape index (κ3) is 4.23. The molecule has 25 heavy (non-hydrogen) atoms. The van der Waals surface area contributed by atoms with E-state index in [4.69, 9.17) is 33.7 Å². The molecule has 2 aliphatic rings. The molecular weight excluding hydrogens is 382 g/mol. The van der Waals surface area contributed by atoms with Crippen molar-refractivity contribution in [2.24, 2.45) is 0 Å². The zero-order valence-electron chi connectivity index (χ0n) is 13.0. The fourth-order valence-electron chi connectivity index (χ4n) is 2.50. The van der Waals surface area contributed by atoms with Gasteiger partial charge in [-0.3, -0.25) is 14.5 Å². The number of thioether (sulfide) groups is 1. The summed E-state index contributed by atoms with van der Waals surface area (Å²) in [7, 11) is 0. The first-order valence-electron chi connectivity index (χ1n) is 7.54. The molecule has 1 saturated heterocycles. The summed E-state index contributed by atoms with van der Waals surface area (Å²) in [5, 5.41) is 9.32. The third-order valence-electron chi connectivity index (χ3n) is 3.67. The summed E-state index contributed by atoms with van der Waals surface area (Å²) in [6.07, 6.45) is 4.07. The van der Waals surface area contributed by atoms with E-state index in [1.165, 1.54) is 16.7 Å². The van der Waals surface area contributed by atoms with Gasteiger partial charge in [-0.2, -0.15) is 0 Å². The van der Waals surface area contributed by atoms with Crippen molar-refractivity contribution in [1.82, 2.24) is 4.90 Å². The smallest absolute Gasteiger partial charge is 0.303 e. The number of nitrogens with zero attached hydrogens (tertiary/aromatic N) is 1. The van der Waals surface area contributed by atoms with E-state index < -0.39 is 5.97 Å². The van der Waals surface area contributed by atoms with E-state index in [2.05, 4.69) is 0 Å². The number of carboxylic acids is 1. The number of fused-ring (bicyclic) bond motifs is 1. The Morgan fingerprint density at radius 3 is 3.04 bits per heavy atom. The van der Waals surface area contributed by atoms with Gasteiger partial charge in [-0.1, -0.05) is 35.6 Å². The highest BCUT2D eigenvalue weighted by molar-refractivity contribution is 8.26. The number of hydrogen-bond acceptors (Lipinski definition) is 5. The Balaban J connectivity index is 1.75. The van der Waals surface area contributed by atoms with Gasteiger partial charge in [-0.15, -0.1) is 0 Å². The van der Waals surface area contributed by atoms with E-state index in [0.29, 0.717) is 33.8 Å². The number of hydrogen-bond donors (Lipinski definition) is 1. The Labute approximate surface area is 159 Å². The largest absolute Gasteiger partial charge is 0.488 e. The van der Waals surface area contributed by atoms with Gasteiger partial charge in [0.15, 0.2) is 0 Å². The van der Waals surface area contributed by atoms with Crippen LogP contribution < -0.4 is 4.74 Å². The summed E-state index contributed by atoms with van der Waals surface area (Å²) in [6, 6.07) is 5.38. The molecule has 8 heteroatoms. The zero-order chi connectivity index (χ0) is 18.0. The van der Waals surface area contributed by atoms with Crippen LogP contribution in [-0.2, 0) is 9.59 Å². The lowest BCUT2D eigenvalue weighted by molar-refractivity contribution is -0.137. The van der Waals surface area contributed by atoms with Crippen LogP contribution >= 0.6 is 35.6 Å². The second-order valence-electron chi connectivity index (χ2n) is 5.52. The van der Waals surface area contributed by atoms with E-state index >= 15 is 0 Å². The molecule has 2 aliphatic heterocycles. The maximum Gasteiger partial charge on any atom is 0.303 e. The van der Waals surface area contributed by atoms with Crippen LogP contribution in [0.15, 0.2) is 34.8 Å². The highest BCUT2D eigenvalue weighted by Gasteiger charge is 2.32. The minimum absolute atomic E-state index is 0.00659. The molecule has 0 aliphatic carbocycles. The Morgan fingerprint density at radius 1 is 1.48 bits per heavy atom. The van der Waals surface area contributed by atoms with Crippen LogP contribution in [0.1, 0.15) is 18.4 Å². The molecule has 1 N–H and O–H groups in total. The highest BCUT2D eigenvalue weighted by atomic mass is 35.5. The molecule has 1 fully saturated rings. The first kappa shape index (κ1) is 18.0. The van der Waals surface area contributed by atoms with Crippen LogP contribution in [0.4, 0.5) is 0 Å². The van der Waals surface area contributed by atoms with Gasteiger partial charge in [0.1, 0.15) is 16.7 Å². The number of ether oxygens (including phenoxy) is 1. The zero-order valence-corrected chi connectivity index (χ0v) is 15.4. The molecular formula is C17H14ClNO4S2. The number of thiocarbonyl (C=S) groups is 1. The number of rotatable bonds is 5. The molecule has 5 nitrogen and oxygen atoms in total. The average Bonchev–Trinajstić information content (AvgIpc) is 2.81. The lowest BCUT2D eigenvalue weighted by atomic mass is 10.1. The second-order valence-corrected chi connectivity index (χ2v) is 7.63. The van der Waals surface area contributed by atoms with Crippen molar-refractivity contribution in [2.45, 2.75) is 12.8 Å². The Kier molecular flexibility index (Phi) is 5.46. The van der Waals surface area contributed by atoms with E-state index in [-0.39, 0.29) is 12.3 Å². The Bertz CT molecular complexity index is 819. The van der Waals surface area contributed by atoms with Crippen LogP contribution in [0.2, 0.25) is 5.02 Å². The van der Waals surface area contributed by atoms with Gasteiger partial charge < -0.3 is 9.84 Å². The monoisotopic (exact) mass is 395 g/mol. The minimum atomic E-state index is -0.886. The maximum absolute atomic E-state index is 12.5. The van der Waals surface area contributed by atoms with Crippen LogP contribution in [-0.4, -0.2) is 39.4 Å². The summed E-state index contributed by atoms with van der Waals surface area (Å²) in [6.45, 7) is 0.667. The first-order valence-corrected chi connectivity index (χ1v) is 9.14. The second kappa shape index (κ2) is 7.59. The molecule has 2 heterocycles. The summed E-state index contributed by atoms with van der Waals surface area (Å²) in [5.74, 6) is -0.330. The van der Waals surface area contributed by atoms with Crippen LogP contribution in [0.5, 0.6) is 5.75 Å². The summed E-state index contributed by atoms with van der Waals surface area (Å²) in [5.41, 5.74) is 1.71. The van der Waals surface area contributed by atoms with Crippen molar-refractivity contribution in [3.63, 3.8) is 0 Å². The number of benzene rings is 1. The SMILES string of the molecule is O=C(O)CCCN1C(=O)/C(=C\C2=Cc3cc(Cl)ccc3OC2)SC1=S. The van der Waals surface area contributed by atoms with Crippen molar-refractivity contribution in [3.8, 4) is 5.75 Å². The Morgan fingerprint density at radius 2 is 2.28 bits per heavy atom. The quantitative estimate of drug-likeness (QED) is 0.605. The molecule has 130 valence electrons. The molecule has 1 amide bonds. The number of aliphatic carboxylic acids is 1. The average molecular weight is 396 g/mol. The van der Waals surface area contributed by atoms with Crippen LogP contribution in [0, 0.1) is 0 Å². The molecule has 0 spiro atoms. The highest BCUT2D eigenvalue weighted by Crippen LogP contribution is 2.34. The molecule has 1 aromatic rings. The molecule has 0 bridgehead atoms. The van der Waals surface area contributed by atoms with Crippen molar-refractivity contribution in [2.75, 3.05) is 13.2 Å². The van der Waals surface area contributed by atoms with Gasteiger partial charge in [0, 0.05) is 23.6 Å². The molecule has 3 rings (SSSR count). The number of carbonyl (C=O) groups is 2. The Hall–Kier alpha value is -1.83. The minimum Gasteiger partial charge on any atom is -0.488 e. The van der Waals surface area contributed by atoms with Crippen molar-refractivity contribution >= 4 is 57.9 Å². The van der Waals surface area contributed by atoms with E-state index in [1.807, 2.05) is 12.1 Å². The normalized spacial score (nSPS) is 18.2. The number of carbonyl (C=O) groups excluding carboxylic acids is 1. The van der Waals surface area contributed by atoms with E-state index in [9.17, 15) is 9.59 Å². The van der Waals surface area contributed by atoms with Gasteiger partial charge >= 0.3 is 5.97 Å². The van der Waals surface area contributed by atoms with Gasteiger partial charge in [0.05, 0.1) is 4.91 Å². The predicted octanol–water partition coefficient (Wildman–Crippen LogP) is 3.72. The number of carboxylic acid groups (broad SMARTS) is 1. The van der Waals surface area contributed by atoms with Gasteiger partial charge in [0.2, 0.25) is 0 Å². The van der Waals surface area contributed by atoms with Gasteiger partial charge in [-0.25, -0.2) is 0 Å². The number of amides is 1. The lowest BCUT2D eigenvalue weighted by Crippen LogP contribution is -2.29. The predicted molar refractivity (Wildman–Crippen MR) is 102 cm³/mol. The van der Waals surface area contributed by atoms with E-state index in [0.717, 1.165) is 16.9 Å². The molecule has 0 atom stereocenters. The topological polar surface area (TPSA) is 66.8 Å². The summed E-state index contributed by atoms with van der Waals surface area (Å²) >= 11 is 12.5. The summed E-state index contributed by atoms with van der Waals surface area (Å²) < 4.78 is 6.12. The number of halogens is 1. The lowest BCUT2D eigenvalue weighted by Gasteiger charge is -2.16. The molecule has 0 saturated carbocycles. The van der Waals surface area contributed by atoms with Crippen LogP contribution in [0.25, 0.3) is 6.08 Å². The van der Waals surface area contributed by atoms with Gasteiger partial charge in [0.25, 0.3) is 5.91 Å². The van der Waals surface area contributed by atoms with Crippen LogP contribution in [0.3, 0.4) is 0 Å². The molecule has 0 unspecified atom stereocenters. The van der Waals surface area contributed by atoms with Gasteiger partial charge in [-0.05, 0) is 42.3 Å². The maximum atomic E-state index is 12.5. The third-order valence-corrected chi connectivity index (χ3v) is 5.28. The molecule has 1 aromatic carbocycles. The summed E-state index contributed by atoms with van der Waals surface area (Å²) in [4.78, 5) is 25.0. The fraction of sp³-hybridized carbons (Fsp3) is 0.235. The standard InChI is InChI=1S/C17H14ClNO4S2/c18-12-3-4-13-11(8-12)6-10(9-23-13)7-14-16(22)19(17(24)25-14)5-1-2-15(20)21/h3-4,6-8H,1-2,5,9H2,(H,20,21)/b14-7+. The van der Waals surface area contributed by atoms with Crippen molar-refractivity contribution in [3.05, 3.63) is 45.3 Å². The fourth-order valence-corrected chi connectivity index (χ4v) is 4.00. The van der Waals surface area contributed by atoms with Crippen molar-refractivity contribution in [1.29, 1.82) is 0 Å².